The van der Waals surface area contributed by atoms with Gasteiger partial charge in [0.05, 0.1) is 12.1 Å². The van der Waals surface area contributed by atoms with Crippen LogP contribution in [-0.4, -0.2) is 73.6 Å². The maximum atomic E-state index is 12.5. The van der Waals surface area contributed by atoms with Crippen LogP contribution >= 0.6 is 0 Å². The van der Waals surface area contributed by atoms with Gasteiger partial charge in [-0.3, -0.25) is 4.79 Å². The van der Waals surface area contributed by atoms with E-state index in [1.54, 1.807) is 18.2 Å². The fraction of sp³-hybridized carbons (Fsp3) is 0.529. The summed E-state index contributed by atoms with van der Waals surface area (Å²) in [5.74, 6) is -0.871. The Balaban J connectivity index is 2.06. The minimum Gasteiger partial charge on any atom is -0.478 e. The summed E-state index contributed by atoms with van der Waals surface area (Å²) in [6.07, 6.45) is 0.986. The number of benzene rings is 1. The summed E-state index contributed by atoms with van der Waals surface area (Å²) in [4.78, 5) is 29.6. The van der Waals surface area contributed by atoms with E-state index in [1.165, 1.54) is 0 Å². The van der Waals surface area contributed by atoms with Gasteiger partial charge in [0.15, 0.2) is 0 Å². The molecule has 6 nitrogen and oxygen atoms in total. The maximum Gasteiger partial charge on any atom is 0.335 e. The van der Waals surface area contributed by atoms with Crippen molar-refractivity contribution in [1.29, 1.82) is 0 Å². The number of amides is 1. The lowest BCUT2D eigenvalue weighted by Crippen LogP contribution is -2.41. The molecular weight excluding hydrogens is 294 g/mol. The second-order valence-corrected chi connectivity index (χ2v) is 6.20. The van der Waals surface area contributed by atoms with Crippen LogP contribution in [0, 0.1) is 6.92 Å². The smallest absolute Gasteiger partial charge is 0.335 e. The van der Waals surface area contributed by atoms with Gasteiger partial charge >= 0.3 is 5.97 Å². The molecule has 0 unspecified atom stereocenters. The summed E-state index contributed by atoms with van der Waals surface area (Å²) < 4.78 is 0. The topological polar surface area (TPSA) is 64.1 Å². The van der Waals surface area contributed by atoms with E-state index in [-0.39, 0.29) is 18.0 Å². The summed E-state index contributed by atoms with van der Waals surface area (Å²) in [7, 11) is 3.90. The van der Waals surface area contributed by atoms with Crippen molar-refractivity contribution in [2.45, 2.75) is 13.3 Å². The predicted molar refractivity (Wildman–Crippen MR) is 90.1 cm³/mol. The predicted octanol–water partition coefficient (Wildman–Crippen LogP) is 1.29. The Morgan fingerprint density at radius 1 is 1.22 bits per heavy atom. The third-order valence-electron chi connectivity index (χ3n) is 4.31. The first-order valence-corrected chi connectivity index (χ1v) is 7.90. The SMILES string of the molecule is Cc1ccc(C(=O)O)cc1N(C)CC(=O)N1CCCN(C)CC1. The molecule has 0 atom stereocenters. The molecule has 0 spiro atoms. The summed E-state index contributed by atoms with van der Waals surface area (Å²) >= 11 is 0. The van der Waals surface area contributed by atoms with Gasteiger partial charge in [-0.1, -0.05) is 6.07 Å². The molecule has 0 bridgehead atoms. The molecule has 1 aliphatic heterocycles. The van der Waals surface area contributed by atoms with Crippen LogP contribution < -0.4 is 4.90 Å². The average Bonchev–Trinajstić information content (AvgIpc) is 2.72. The molecule has 1 aliphatic rings. The van der Waals surface area contributed by atoms with Crippen LogP contribution in [0.4, 0.5) is 5.69 Å². The number of carbonyl (C=O) groups excluding carboxylic acids is 1. The lowest BCUT2D eigenvalue weighted by molar-refractivity contribution is -0.129. The van der Waals surface area contributed by atoms with Crippen LogP contribution in [0.2, 0.25) is 0 Å². The number of hydrogen-bond donors (Lipinski definition) is 1. The number of aromatic carboxylic acids is 1. The Morgan fingerprint density at radius 2 is 1.96 bits per heavy atom. The second kappa shape index (κ2) is 7.46. The number of anilines is 1. The Hall–Kier alpha value is -2.08. The number of aryl methyl sites for hydroxylation is 1. The number of carboxylic acid groups (broad SMARTS) is 1. The maximum absolute atomic E-state index is 12.5. The Bertz CT molecular complexity index is 588. The van der Waals surface area contributed by atoms with Gasteiger partial charge in [-0.25, -0.2) is 4.79 Å². The molecule has 1 saturated heterocycles. The lowest BCUT2D eigenvalue weighted by atomic mass is 10.1. The van der Waals surface area contributed by atoms with E-state index in [9.17, 15) is 9.59 Å². The van der Waals surface area contributed by atoms with E-state index in [2.05, 4.69) is 11.9 Å². The van der Waals surface area contributed by atoms with Crippen LogP contribution in [0.1, 0.15) is 22.3 Å². The first kappa shape index (κ1) is 17.3. The van der Waals surface area contributed by atoms with Crippen molar-refractivity contribution in [3.05, 3.63) is 29.3 Å². The van der Waals surface area contributed by atoms with Crippen molar-refractivity contribution < 1.29 is 14.7 Å². The van der Waals surface area contributed by atoms with Gasteiger partial charge in [0.25, 0.3) is 0 Å². The van der Waals surface area contributed by atoms with Crippen molar-refractivity contribution in [2.24, 2.45) is 0 Å². The molecule has 23 heavy (non-hydrogen) atoms. The second-order valence-electron chi connectivity index (χ2n) is 6.20. The van der Waals surface area contributed by atoms with Gasteiger partial charge < -0.3 is 19.8 Å². The molecule has 2 rings (SSSR count). The first-order chi connectivity index (χ1) is 10.9. The van der Waals surface area contributed by atoms with E-state index in [0.29, 0.717) is 0 Å². The zero-order valence-corrected chi connectivity index (χ0v) is 14.1. The Morgan fingerprint density at radius 3 is 2.65 bits per heavy atom. The average molecular weight is 319 g/mol. The highest BCUT2D eigenvalue weighted by Crippen LogP contribution is 2.21. The van der Waals surface area contributed by atoms with Crippen LogP contribution in [0.5, 0.6) is 0 Å². The van der Waals surface area contributed by atoms with Gasteiger partial charge in [0.2, 0.25) is 5.91 Å². The quantitative estimate of drug-likeness (QED) is 0.906. The Kier molecular flexibility index (Phi) is 5.60. The fourth-order valence-corrected chi connectivity index (χ4v) is 2.84. The first-order valence-electron chi connectivity index (χ1n) is 7.90. The molecule has 1 N–H and O–H groups in total. The van der Waals surface area contributed by atoms with E-state index >= 15 is 0 Å². The van der Waals surface area contributed by atoms with Gasteiger partial charge in [0.1, 0.15) is 0 Å². The number of nitrogens with zero attached hydrogens (tertiary/aromatic N) is 3. The van der Waals surface area contributed by atoms with Crippen molar-refractivity contribution >= 4 is 17.6 Å². The largest absolute Gasteiger partial charge is 0.478 e. The standard InChI is InChI=1S/C17H25N3O3/c1-13-5-6-14(17(22)23)11-15(13)19(3)12-16(21)20-8-4-7-18(2)9-10-20/h5-6,11H,4,7-10,12H2,1-3H3,(H,22,23). The van der Waals surface area contributed by atoms with Gasteiger partial charge in [-0.2, -0.15) is 0 Å². The molecule has 6 heteroatoms. The minimum absolute atomic E-state index is 0.0860. The van der Waals surface area contributed by atoms with Gasteiger partial charge in [-0.15, -0.1) is 0 Å². The molecule has 0 aliphatic carbocycles. The molecule has 1 heterocycles. The number of carboxylic acids is 1. The van der Waals surface area contributed by atoms with E-state index in [1.807, 2.05) is 23.8 Å². The zero-order chi connectivity index (χ0) is 17.0. The van der Waals surface area contributed by atoms with Crippen LogP contribution in [-0.2, 0) is 4.79 Å². The third kappa shape index (κ3) is 4.45. The molecular formula is C17H25N3O3. The molecule has 0 aromatic heterocycles. The number of rotatable bonds is 4. The fourth-order valence-electron chi connectivity index (χ4n) is 2.84. The summed E-state index contributed by atoms with van der Waals surface area (Å²) in [6, 6.07) is 4.99. The van der Waals surface area contributed by atoms with Gasteiger partial charge in [0, 0.05) is 32.4 Å². The molecule has 0 saturated carbocycles. The normalized spacial score (nSPS) is 16.0. The monoisotopic (exact) mass is 319 g/mol. The number of carbonyl (C=O) groups is 2. The molecule has 126 valence electrons. The lowest BCUT2D eigenvalue weighted by Gasteiger charge is -2.26. The summed E-state index contributed by atoms with van der Waals surface area (Å²) in [6.45, 7) is 5.61. The van der Waals surface area contributed by atoms with Crippen molar-refractivity contribution in [3.63, 3.8) is 0 Å². The molecule has 0 radical (unpaired) electrons. The van der Waals surface area contributed by atoms with E-state index < -0.39 is 5.97 Å². The molecule has 1 amide bonds. The Labute approximate surface area is 137 Å². The third-order valence-corrected chi connectivity index (χ3v) is 4.31. The van der Waals surface area contributed by atoms with Crippen molar-refractivity contribution in [2.75, 3.05) is 51.7 Å². The van der Waals surface area contributed by atoms with Crippen LogP contribution in [0.15, 0.2) is 18.2 Å². The highest BCUT2D eigenvalue weighted by atomic mass is 16.4. The van der Waals surface area contributed by atoms with E-state index in [4.69, 9.17) is 5.11 Å². The van der Waals surface area contributed by atoms with Crippen molar-refractivity contribution in [1.82, 2.24) is 9.80 Å². The number of hydrogen-bond acceptors (Lipinski definition) is 4. The van der Waals surface area contributed by atoms with Crippen LogP contribution in [0.25, 0.3) is 0 Å². The number of likely N-dealkylation sites (N-methyl/N-ethyl adjacent to an activating group) is 2. The van der Waals surface area contributed by atoms with E-state index in [0.717, 1.165) is 43.9 Å². The van der Waals surface area contributed by atoms with Crippen molar-refractivity contribution in [3.8, 4) is 0 Å². The zero-order valence-electron chi connectivity index (χ0n) is 14.1. The summed E-state index contributed by atoms with van der Waals surface area (Å²) in [5, 5.41) is 9.13. The summed E-state index contributed by atoms with van der Waals surface area (Å²) in [5.41, 5.74) is 1.98. The van der Waals surface area contributed by atoms with Gasteiger partial charge in [-0.05, 0) is 44.6 Å². The molecule has 1 aromatic rings. The molecule has 1 aromatic carbocycles. The minimum atomic E-state index is -0.957. The highest BCUT2D eigenvalue weighted by molar-refractivity contribution is 5.89. The highest BCUT2D eigenvalue weighted by Gasteiger charge is 2.19. The molecule has 1 fully saturated rings. The van der Waals surface area contributed by atoms with Crippen LogP contribution in [0.3, 0.4) is 0 Å².